The number of aromatic nitrogens is 1. The summed E-state index contributed by atoms with van der Waals surface area (Å²) in [7, 11) is -3.80. The van der Waals surface area contributed by atoms with E-state index in [4.69, 9.17) is 16.4 Å². The van der Waals surface area contributed by atoms with Crippen molar-refractivity contribution in [2.24, 2.45) is 0 Å². The van der Waals surface area contributed by atoms with Crippen LogP contribution in [0.2, 0.25) is 5.15 Å². The lowest BCUT2D eigenvalue weighted by molar-refractivity contribution is 0.0223. The first-order valence-electron chi connectivity index (χ1n) is 5.47. The van der Waals surface area contributed by atoms with Crippen molar-refractivity contribution < 1.29 is 13.3 Å². The molecule has 0 saturated heterocycles. The van der Waals surface area contributed by atoms with Gasteiger partial charge in [0.1, 0.15) is 10.0 Å². The largest absolute Gasteiger partial charge is 0.284 e. The van der Waals surface area contributed by atoms with Crippen LogP contribution in [-0.4, -0.2) is 19.5 Å². The zero-order valence-electron chi connectivity index (χ0n) is 9.40. The molecule has 100 valence electrons. The quantitative estimate of drug-likeness (QED) is 0.666. The summed E-state index contributed by atoms with van der Waals surface area (Å²) < 4.78 is 24.5. The van der Waals surface area contributed by atoms with Crippen molar-refractivity contribution in [2.45, 2.75) is 36.7 Å². The second-order valence-corrected chi connectivity index (χ2v) is 6.94. The summed E-state index contributed by atoms with van der Waals surface area (Å²) in [6.07, 6.45) is 5.23. The lowest BCUT2D eigenvalue weighted by Gasteiger charge is -2.12. The van der Waals surface area contributed by atoms with Gasteiger partial charge in [-0.25, -0.2) is 13.4 Å². The molecule has 5 nitrogen and oxygen atoms in total. The third kappa shape index (κ3) is 3.42. The Morgan fingerprint density at radius 2 is 2.11 bits per heavy atom. The molecule has 1 saturated carbocycles. The highest BCUT2D eigenvalue weighted by Crippen LogP contribution is 2.24. The Labute approximate surface area is 119 Å². The number of pyridine rings is 1. The molecular weight excluding hydrogens is 344 g/mol. The lowest BCUT2D eigenvalue weighted by Crippen LogP contribution is -2.28. The maximum Gasteiger partial charge on any atom is 0.265 e. The standard InChI is InChI=1S/C10H12BrClN2O3S/c11-7-5-9(10(12)13-6-7)18(15,16)14-17-8-3-1-2-4-8/h5-6,8,14H,1-4H2. The van der Waals surface area contributed by atoms with Gasteiger partial charge in [0.05, 0.1) is 6.10 Å². The summed E-state index contributed by atoms with van der Waals surface area (Å²) >= 11 is 8.92. The Bertz CT molecular complexity index is 532. The van der Waals surface area contributed by atoms with Crippen LogP contribution in [0, 0.1) is 0 Å². The summed E-state index contributed by atoms with van der Waals surface area (Å²) in [5.41, 5.74) is 0. The average molecular weight is 356 g/mol. The van der Waals surface area contributed by atoms with E-state index in [-0.39, 0.29) is 16.2 Å². The average Bonchev–Trinajstić information content (AvgIpc) is 2.83. The van der Waals surface area contributed by atoms with Crippen LogP contribution >= 0.6 is 27.5 Å². The molecule has 1 aromatic rings. The molecule has 0 unspecified atom stereocenters. The molecular formula is C10H12BrClN2O3S. The highest BCUT2D eigenvalue weighted by atomic mass is 79.9. The highest BCUT2D eigenvalue weighted by molar-refractivity contribution is 9.10. The number of sulfonamides is 1. The highest BCUT2D eigenvalue weighted by Gasteiger charge is 2.23. The summed E-state index contributed by atoms with van der Waals surface area (Å²) in [6.45, 7) is 0. The van der Waals surface area contributed by atoms with Crippen molar-refractivity contribution in [3.63, 3.8) is 0 Å². The Hall–Kier alpha value is -0.210. The number of rotatable bonds is 4. The first-order chi connectivity index (χ1) is 8.49. The molecule has 1 fully saturated rings. The Morgan fingerprint density at radius 3 is 2.78 bits per heavy atom. The van der Waals surface area contributed by atoms with Gasteiger partial charge in [-0.05, 0) is 34.8 Å². The van der Waals surface area contributed by atoms with Gasteiger partial charge in [0.2, 0.25) is 0 Å². The Kier molecular flexibility index (Phi) is 4.60. The smallest absolute Gasteiger partial charge is 0.265 e. The van der Waals surface area contributed by atoms with E-state index in [0.29, 0.717) is 4.47 Å². The van der Waals surface area contributed by atoms with Crippen molar-refractivity contribution >= 4 is 37.6 Å². The van der Waals surface area contributed by atoms with Gasteiger partial charge < -0.3 is 0 Å². The van der Waals surface area contributed by atoms with E-state index in [9.17, 15) is 8.42 Å². The van der Waals surface area contributed by atoms with Crippen molar-refractivity contribution in [3.05, 3.63) is 21.9 Å². The molecule has 0 amide bonds. The molecule has 18 heavy (non-hydrogen) atoms. The van der Waals surface area contributed by atoms with Crippen LogP contribution in [0.4, 0.5) is 0 Å². The van der Waals surface area contributed by atoms with Crippen LogP contribution in [-0.2, 0) is 14.9 Å². The van der Waals surface area contributed by atoms with E-state index >= 15 is 0 Å². The minimum absolute atomic E-state index is 0.0568. The molecule has 0 radical (unpaired) electrons. The first-order valence-corrected chi connectivity index (χ1v) is 8.13. The SMILES string of the molecule is O=S(=O)(NOC1CCCC1)c1cc(Br)cnc1Cl. The second-order valence-electron chi connectivity index (χ2n) is 4.05. The zero-order chi connectivity index (χ0) is 13.2. The van der Waals surface area contributed by atoms with Gasteiger partial charge in [0.25, 0.3) is 10.0 Å². The molecule has 1 aliphatic carbocycles. The summed E-state index contributed by atoms with van der Waals surface area (Å²) in [4.78, 5) is 11.0. The van der Waals surface area contributed by atoms with Gasteiger partial charge >= 0.3 is 0 Å². The van der Waals surface area contributed by atoms with Crippen LogP contribution in [0.5, 0.6) is 0 Å². The lowest BCUT2D eigenvalue weighted by atomic mass is 10.3. The Morgan fingerprint density at radius 1 is 1.44 bits per heavy atom. The van der Waals surface area contributed by atoms with E-state index in [2.05, 4.69) is 25.8 Å². The third-order valence-electron chi connectivity index (χ3n) is 2.69. The third-order valence-corrected chi connectivity index (χ3v) is 4.74. The maximum absolute atomic E-state index is 12.0. The van der Waals surface area contributed by atoms with Crippen LogP contribution < -0.4 is 4.89 Å². The van der Waals surface area contributed by atoms with Gasteiger partial charge in [-0.2, -0.15) is 0 Å². The normalized spacial score (nSPS) is 17.2. The molecule has 0 aliphatic heterocycles. The fraction of sp³-hybridized carbons (Fsp3) is 0.500. The van der Waals surface area contributed by atoms with E-state index in [1.807, 2.05) is 0 Å². The maximum atomic E-state index is 12.0. The fourth-order valence-corrected chi connectivity index (χ4v) is 3.57. The summed E-state index contributed by atoms with van der Waals surface area (Å²) in [5.74, 6) is 0. The van der Waals surface area contributed by atoms with Gasteiger partial charge in [0.15, 0.2) is 0 Å². The van der Waals surface area contributed by atoms with Crippen LogP contribution in [0.25, 0.3) is 0 Å². The predicted molar refractivity (Wildman–Crippen MR) is 70.6 cm³/mol. The Balaban J connectivity index is 2.12. The molecule has 0 atom stereocenters. The predicted octanol–water partition coefficient (Wildman–Crippen LogP) is 2.65. The van der Waals surface area contributed by atoms with Crippen LogP contribution in [0.1, 0.15) is 25.7 Å². The van der Waals surface area contributed by atoms with E-state index in [0.717, 1.165) is 25.7 Å². The number of halogens is 2. The molecule has 8 heteroatoms. The molecule has 1 heterocycles. The van der Waals surface area contributed by atoms with Crippen molar-refractivity contribution in [3.8, 4) is 0 Å². The first kappa shape index (κ1) is 14.2. The monoisotopic (exact) mass is 354 g/mol. The van der Waals surface area contributed by atoms with Gasteiger partial charge in [0, 0.05) is 10.7 Å². The fourth-order valence-electron chi connectivity index (χ4n) is 1.77. The molecule has 1 N–H and O–H groups in total. The van der Waals surface area contributed by atoms with Gasteiger partial charge in [-0.3, -0.25) is 4.84 Å². The zero-order valence-corrected chi connectivity index (χ0v) is 12.6. The van der Waals surface area contributed by atoms with E-state index in [1.54, 1.807) is 0 Å². The molecule has 1 aliphatic rings. The van der Waals surface area contributed by atoms with Gasteiger partial charge in [-0.15, -0.1) is 0 Å². The number of nitrogens with zero attached hydrogens (tertiary/aromatic N) is 1. The molecule has 0 aromatic carbocycles. The van der Waals surface area contributed by atoms with Crippen molar-refractivity contribution in [1.82, 2.24) is 9.87 Å². The second kappa shape index (κ2) is 5.83. The number of hydrogen-bond acceptors (Lipinski definition) is 4. The van der Waals surface area contributed by atoms with E-state index < -0.39 is 10.0 Å². The minimum Gasteiger partial charge on any atom is -0.284 e. The molecule has 1 aromatic heterocycles. The van der Waals surface area contributed by atoms with Gasteiger partial charge in [-0.1, -0.05) is 29.3 Å². The molecule has 0 bridgehead atoms. The molecule has 2 rings (SSSR count). The topological polar surface area (TPSA) is 68.3 Å². The molecule has 0 spiro atoms. The summed E-state index contributed by atoms with van der Waals surface area (Å²) in [6, 6.07) is 1.38. The van der Waals surface area contributed by atoms with Crippen LogP contribution in [0.3, 0.4) is 0 Å². The van der Waals surface area contributed by atoms with E-state index in [1.165, 1.54) is 12.3 Å². The summed E-state index contributed by atoms with van der Waals surface area (Å²) in [5, 5.41) is -0.0827. The van der Waals surface area contributed by atoms with Crippen molar-refractivity contribution in [1.29, 1.82) is 0 Å². The number of hydrogen-bond donors (Lipinski definition) is 1. The number of nitrogens with one attached hydrogen (secondary N) is 1. The minimum atomic E-state index is -3.80. The van der Waals surface area contributed by atoms with Crippen LogP contribution in [0.15, 0.2) is 21.6 Å². The van der Waals surface area contributed by atoms with Crippen molar-refractivity contribution in [2.75, 3.05) is 0 Å².